The molecule has 0 spiro atoms. The van der Waals surface area contributed by atoms with Gasteiger partial charge in [-0.1, -0.05) is 26.0 Å². The predicted octanol–water partition coefficient (Wildman–Crippen LogP) is 3.24. The highest BCUT2D eigenvalue weighted by molar-refractivity contribution is 5.31. The first-order valence-electron chi connectivity index (χ1n) is 5.90. The number of rotatable bonds is 2. The van der Waals surface area contributed by atoms with Gasteiger partial charge in [0.1, 0.15) is 5.82 Å². The molecule has 88 valence electrons. The fourth-order valence-electron chi connectivity index (χ4n) is 2.81. The van der Waals surface area contributed by atoms with Crippen LogP contribution in [0.25, 0.3) is 0 Å². The Kier molecular flexibility index (Phi) is 2.79. The van der Waals surface area contributed by atoms with E-state index in [4.69, 9.17) is 0 Å². The average molecular weight is 221 g/mol. The monoisotopic (exact) mass is 221 g/mol. The first kappa shape index (κ1) is 11.6. The van der Waals surface area contributed by atoms with Gasteiger partial charge >= 0.3 is 0 Å². The van der Waals surface area contributed by atoms with E-state index in [0.717, 1.165) is 17.5 Å². The van der Waals surface area contributed by atoms with Gasteiger partial charge in [-0.05, 0) is 48.9 Å². The molecule has 0 heterocycles. The summed E-state index contributed by atoms with van der Waals surface area (Å²) in [5.74, 6) is 0.390. The maximum Gasteiger partial charge on any atom is 0.126 e. The van der Waals surface area contributed by atoms with Crippen LogP contribution in [0.2, 0.25) is 0 Å². The lowest BCUT2D eigenvalue weighted by Gasteiger charge is -2.52. The lowest BCUT2D eigenvalue weighted by atomic mass is 9.56. The minimum atomic E-state index is -0.0822. The number of nitrogens with one attached hydrogen (secondary N) is 1. The van der Waals surface area contributed by atoms with E-state index < -0.39 is 0 Å². The summed E-state index contributed by atoms with van der Waals surface area (Å²) in [6.07, 6.45) is 1.10. The molecule has 0 amide bonds. The van der Waals surface area contributed by atoms with E-state index in [1.165, 1.54) is 0 Å². The third kappa shape index (κ3) is 1.65. The fraction of sp³-hybridized carbons (Fsp3) is 0.571. The molecule has 1 aromatic rings. The highest BCUT2D eigenvalue weighted by Crippen LogP contribution is 2.52. The quantitative estimate of drug-likeness (QED) is 0.808. The second-order valence-electron chi connectivity index (χ2n) is 5.46. The fourth-order valence-corrected chi connectivity index (χ4v) is 2.81. The molecule has 0 saturated heterocycles. The number of hydrogen-bond acceptors (Lipinski definition) is 1. The van der Waals surface area contributed by atoms with Gasteiger partial charge in [-0.25, -0.2) is 4.39 Å². The second kappa shape index (κ2) is 3.85. The van der Waals surface area contributed by atoms with E-state index in [2.05, 4.69) is 25.2 Å². The molecule has 1 aliphatic rings. The molecule has 2 unspecified atom stereocenters. The summed E-state index contributed by atoms with van der Waals surface area (Å²) >= 11 is 0. The van der Waals surface area contributed by atoms with Crippen LogP contribution < -0.4 is 5.32 Å². The Morgan fingerprint density at radius 1 is 1.38 bits per heavy atom. The maximum atomic E-state index is 13.5. The first-order chi connectivity index (χ1) is 7.46. The molecule has 16 heavy (non-hydrogen) atoms. The van der Waals surface area contributed by atoms with Crippen LogP contribution in [0.3, 0.4) is 0 Å². The van der Waals surface area contributed by atoms with Gasteiger partial charge < -0.3 is 5.32 Å². The van der Waals surface area contributed by atoms with Gasteiger partial charge in [0.2, 0.25) is 0 Å². The third-order valence-corrected chi connectivity index (χ3v) is 4.21. The second-order valence-corrected chi connectivity index (χ2v) is 5.46. The van der Waals surface area contributed by atoms with Crippen molar-refractivity contribution >= 4 is 0 Å². The maximum absolute atomic E-state index is 13.5. The molecule has 2 atom stereocenters. The van der Waals surface area contributed by atoms with Gasteiger partial charge in [0.25, 0.3) is 0 Å². The Morgan fingerprint density at radius 2 is 2.06 bits per heavy atom. The van der Waals surface area contributed by atoms with Crippen molar-refractivity contribution in [2.24, 2.45) is 5.41 Å². The summed E-state index contributed by atoms with van der Waals surface area (Å²) in [6.45, 7) is 6.31. The highest BCUT2D eigenvalue weighted by Gasteiger charge is 2.47. The summed E-state index contributed by atoms with van der Waals surface area (Å²) < 4.78 is 13.5. The van der Waals surface area contributed by atoms with Crippen molar-refractivity contribution in [3.63, 3.8) is 0 Å². The van der Waals surface area contributed by atoms with Crippen LogP contribution in [0.15, 0.2) is 18.2 Å². The van der Waals surface area contributed by atoms with Crippen LogP contribution in [0.5, 0.6) is 0 Å². The molecule has 1 nitrogen and oxygen atoms in total. The number of benzene rings is 1. The molecule has 2 heteroatoms. The molecule has 2 rings (SSSR count). The molecular formula is C14H20FN. The number of hydrogen-bond donors (Lipinski definition) is 1. The zero-order valence-electron chi connectivity index (χ0n) is 10.5. The third-order valence-electron chi connectivity index (χ3n) is 4.21. The van der Waals surface area contributed by atoms with Gasteiger partial charge in [0.05, 0.1) is 0 Å². The van der Waals surface area contributed by atoms with Crippen molar-refractivity contribution in [2.75, 3.05) is 7.05 Å². The molecule has 0 bridgehead atoms. The Morgan fingerprint density at radius 3 is 2.56 bits per heavy atom. The number of aryl methyl sites for hydroxylation is 1. The predicted molar refractivity (Wildman–Crippen MR) is 65.1 cm³/mol. The Hall–Kier alpha value is -0.890. The summed E-state index contributed by atoms with van der Waals surface area (Å²) in [6, 6.07) is 6.19. The molecule has 0 radical (unpaired) electrons. The lowest BCUT2D eigenvalue weighted by molar-refractivity contribution is 0.0749. The molecule has 1 saturated carbocycles. The van der Waals surface area contributed by atoms with Gasteiger partial charge in [0.15, 0.2) is 0 Å². The topological polar surface area (TPSA) is 12.0 Å². The Bertz CT molecular complexity index is 398. The summed E-state index contributed by atoms with van der Waals surface area (Å²) in [5, 5.41) is 3.32. The van der Waals surface area contributed by atoms with Crippen LogP contribution in [-0.2, 0) is 0 Å². The summed E-state index contributed by atoms with van der Waals surface area (Å²) in [4.78, 5) is 0. The van der Waals surface area contributed by atoms with Gasteiger partial charge in [0, 0.05) is 6.04 Å². The SMILES string of the molecule is CNC1CC(c2ccc(C)c(F)c2)C1(C)C. The van der Waals surface area contributed by atoms with Crippen LogP contribution in [-0.4, -0.2) is 13.1 Å². The van der Waals surface area contributed by atoms with Crippen molar-refractivity contribution in [3.8, 4) is 0 Å². The Labute approximate surface area is 97.1 Å². The standard InChI is InChI=1S/C14H20FN/c1-9-5-6-10(7-12(9)15)11-8-13(16-4)14(11,2)3/h5-7,11,13,16H,8H2,1-4H3. The lowest BCUT2D eigenvalue weighted by Crippen LogP contribution is -2.54. The Balaban J connectivity index is 2.24. The molecule has 1 aliphatic carbocycles. The van der Waals surface area contributed by atoms with Crippen molar-refractivity contribution < 1.29 is 4.39 Å². The van der Waals surface area contributed by atoms with Crippen molar-refractivity contribution in [3.05, 3.63) is 35.1 Å². The molecule has 0 aliphatic heterocycles. The molecule has 1 aromatic carbocycles. The van der Waals surface area contributed by atoms with E-state index in [-0.39, 0.29) is 11.2 Å². The smallest absolute Gasteiger partial charge is 0.126 e. The zero-order valence-corrected chi connectivity index (χ0v) is 10.5. The normalized spacial score (nSPS) is 27.6. The van der Waals surface area contributed by atoms with Crippen LogP contribution in [0, 0.1) is 18.2 Å². The van der Waals surface area contributed by atoms with E-state index >= 15 is 0 Å². The van der Waals surface area contributed by atoms with Crippen molar-refractivity contribution in [2.45, 2.75) is 39.2 Å². The van der Waals surface area contributed by atoms with Crippen molar-refractivity contribution in [1.82, 2.24) is 5.32 Å². The largest absolute Gasteiger partial charge is 0.316 e. The van der Waals surface area contributed by atoms with Crippen LogP contribution in [0.4, 0.5) is 4.39 Å². The molecule has 1 N–H and O–H groups in total. The minimum absolute atomic E-state index is 0.0822. The van der Waals surface area contributed by atoms with Gasteiger partial charge in [-0.15, -0.1) is 0 Å². The molecule has 1 fully saturated rings. The summed E-state index contributed by atoms with van der Waals surface area (Å²) in [7, 11) is 2.00. The summed E-state index contributed by atoms with van der Waals surface area (Å²) in [5.41, 5.74) is 2.09. The van der Waals surface area contributed by atoms with E-state index in [0.29, 0.717) is 12.0 Å². The van der Waals surface area contributed by atoms with Crippen LogP contribution in [0.1, 0.15) is 37.3 Å². The van der Waals surface area contributed by atoms with Gasteiger partial charge in [-0.2, -0.15) is 0 Å². The van der Waals surface area contributed by atoms with E-state index in [9.17, 15) is 4.39 Å². The molecule has 0 aromatic heterocycles. The highest BCUT2D eigenvalue weighted by atomic mass is 19.1. The van der Waals surface area contributed by atoms with Crippen molar-refractivity contribution in [1.29, 1.82) is 0 Å². The van der Waals surface area contributed by atoms with Crippen LogP contribution >= 0.6 is 0 Å². The van der Waals surface area contributed by atoms with E-state index in [1.807, 2.05) is 13.1 Å². The minimum Gasteiger partial charge on any atom is -0.316 e. The zero-order chi connectivity index (χ0) is 11.9. The molecular weight excluding hydrogens is 201 g/mol. The van der Waals surface area contributed by atoms with E-state index in [1.54, 1.807) is 13.0 Å². The van der Waals surface area contributed by atoms with Gasteiger partial charge in [-0.3, -0.25) is 0 Å². The average Bonchev–Trinajstić information content (AvgIpc) is 2.22. The number of halogens is 1. The first-order valence-corrected chi connectivity index (χ1v) is 5.90.